The van der Waals surface area contributed by atoms with Crippen LogP contribution in [0.25, 0.3) is 0 Å². The first-order valence-corrected chi connectivity index (χ1v) is 5.67. The molecule has 14 heavy (non-hydrogen) atoms. The highest BCUT2D eigenvalue weighted by Gasteiger charge is 2.51. The van der Waals surface area contributed by atoms with Crippen molar-refractivity contribution < 1.29 is 4.79 Å². The van der Waals surface area contributed by atoms with Crippen molar-refractivity contribution in [2.24, 2.45) is 5.92 Å². The highest BCUT2D eigenvalue weighted by molar-refractivity contribution is 5.74. The largest absolute Gasteiger partial charge is 0.351 e. The summed E-state index contributed by atoms with van der Waals surface area (Å²) in [6, 6.07) is 0. The van der Waals surface area contributed by atoms with Gasteiger partial charge in [-0.05, 0) is 38.3 Å². The van der Waals surface area contributed by atoms with Gasteiger partial charge in [0.1, 0.15) is 0 Å². The summed E-state index contributed by atoms with van der Waals surface area (Å²) >= 11 is 0. The summed E-state index contributed by atoms with van der Waals surface area (Å²) in [7, 11) is 0. The molecule has 1 heterocycles. The first-order chi connectivity index (χ1) is 6.66. The van der Waals surface area contributed by atoms with Crippen molar-refractivity contribution in [1.29, 1.82) is 0 Å². The zero-order valence-electron chi connectivity index (χ0n) is 9.18. The SMILES string of the molecule is CCN1CCC(C2(NC(C)=O)CC2)C1. The van der Waals surface area contributed by atoms with E-state index in [0.717, 1.165) is 6.54 Å². The van der Waals surface area contributed by atoms with Crippen LogP contribution in [0.1, 0.15) is 33.1 Å². The van der Waals surface area contributed by atoms with E-state index in [1.807, 2.05) is 0 Å². The van der Waals surface area contributed by atoms with Crippen LogP contribution in [0, 0.1) is 5.92 Å². The van der Waals surface area contributed by atoms with Gasteiger partial charge in [0.2, 0.25) is 5.91 Å². The van der Waals surface area contributed by atoms with Crippen LogP contribution < -0.4 is 5.32 Å². The van der Waals surface area contributed by atoms with Gasteiger partial charge in [0.25, 0.3) is 0 Å². The summed E-state index contributed by atoms with van der Waals surface area (Å²) in [5, 5.41) is 3.15. The quantitative estimate of drug-likeness (QED) is 0.730. The Morgan fingerprint density at radius 3 is 2.71 bits per heavy atom. The molecule has 1 N–H and O–H groups in total. The first-order valence-electron chi connectivity index (χ1n) is 5.67. The third-order valence-corrected chi connectivity index (χ3v) is 3.71. The topological polar surface area (TPSA) is 32.3 Å². The average Bonchev–Trinajstić information content (AvgIpc) is 2.76. The van der Waals surface area contributed by atoms with Crippen LogP contribution in [0.5, 0.6) is 0 Å². The lowest BCUT2D eigenvalue weighted by atomic mass is 9.96. The van der Waals surface area contributed by atoms with Crippen LogP contribution in [-0.2, 0) is 4.79 Å². The number of likely N-dealkylation sites (tertiary alicyclic amines) is 1. The fourth-order valence-electron chi connectivity index (χ4n) is 2.69. The fraction of sp³-hybridized carbons (Fsp3) is 0.909. The Bertz CT molecular complexity index is 235. The number of rotatable bonds is 3. The van der Waals surface area contributed by atoms with E-state index in [1.54, 1.807) is 6.92 Å². The zero-order chi connectivity index (χ0) is 10.2. The van der Waals surface area contributed by atoms with Gasteiger partial charge in [-0.25, -0.2) is 0 Å². The molecular formula is C11H20N2O. The lowest BCUT2D eigenvalue weighted by Crippen LogP contribution is -2.42. The summed E-state index contributed by atoms with van der Waals surface area (Å²) in [5.41, 5.74) is 0.190. The molecule has 0 aromatic carbocycles. The molecule has 1 aliphatic carbocycles. The molecule has 0 bridgehead atoms. The molecule has 0 radical (unpaired) electrons. The maximum absolute atomic E-state index is 11.1. The summed E-state index contributed by atoms with van der Waals surface area (Å²) in [6.07, 6.45) is 3.64. The fourth-order valence-corrected chi connectivity index (χ4v) is 2.69. The van der Waals surface area contributed by atoms with E-state index in [9.17, 15) is 4.79 Å². The van der Waals surface area contributed by atoms with Crippen LogP contribution in [0.4, 0.5) is 0 Å². The monoisotopic (exact) mass is 196 g/mol. The number of carbonyl (C=O) groups excluding carboxylic acids is 1. The van der Waals surface area contributed by atoms with Crippen molar-refractivity contribution in [3.8, 4) is 0 Å². The van der Waals surface area contributed by atoms with E-state index < -0.39 is 0 Å². The Kier molecular flexibility index (Phi) is 2.52. The maximum Gasteiger partial charge on any atom is 0.217 e. The summed E-state index contributed by atoms with van der Waals surface area (Å²) in [5.74, 6) is 0.837. The van der Waals surface area contributed by atoms with Crippen molar-refractivity contribution in [2.75, 3.05) is 19.6 Å². The Hall–Kier alpha value is -0.570. The summed E-state index contributed by atoms with van der Waals surface area (Å²) in [6.45, 7) is 7.37. The van der Waals surface area contributed by atoms with Gasteiger partial charge in [0, 0.05) is 19.0 Å². The lowest BCUT2D eigenvalue weighted by Gasteiger charge is -2.24. The number of carbonyl (C=O) groups is 1. The Balaban J connectivity index is 1.92. The number of amides is 1. The highest BCUT2D eigenvalue weighted by Crippen LogP contribution is 2.45. The highest BCUT2D eigenvalue weighted by atomic mass is 16.1. The van der Waals surface area contributed by atoms with Crippen LogP contribution >= 0.6 is 0 Å². The second-order valence-corrected chi connectivity index (χ2v) is 4.72. The van der Waals surface area contributed by atoms with Gasteiger partial charge in [-0.1, -0.05) is 6.92 Å². The van der Waals surface area contributed by atoms with Gasteiger partial charge < -0.3 is 10.2 Å². The minimum absolute atomic E-state index is 0.137. The van der Waals surface area contributed by atoms with Gasteiger partial charge in [0.15, 0.2) is 0 Å². The number of nitrogens with zero attached hydrogens (tertiary/aromatic N) is 1. The molecule has 3 heteroatoms. The van der Waals surface area contributed by atoms with E-state index in [2.05, 4.69) is 17.1 Å². The minimum Gasteiger partial charge on any atom is -0.351 e. The summed E-state index contributed by atoms with van der Waals surface area (Å²) in [4.78, 5) is 13.6. The molecule has 1 amide bonds. The first kappa shape index (κ1) is 9.97. The zero-order valence-corrected chi connectivity index (χ0v) is 9.18. The second kappa shape index (κ2) is 3.54. The Morgan fingerprint density at radius 1 is 1.57 bits per heavy atom. The third kappa shape index (κ3) is 1.78. The lowest BCUT2D eigenvalue weighted by molar-refractivity contribution is -0.120. The van der Waals surface area contributed by atoms with E-state index in [4.69, 9.17) is 0 Å². The van der Waals surface area contributed by atoms with Crippen LogP contribution in [0.15, 0.2) is 0 Å². The molecule has 2 fully saturated rings. The van der Waals surface area contributed by atoms with Crippen molar-refractivity contribution in [3.05, 3.63) is 0 Å². The molecular weight excluding hydrogens is 176 g/mol. The second-order valence-electron chi connectivity index (χ2n) is 4.72. The van der Waals surface area contributed by atoms with Gasteiger partial charge >= 0.3 is 0 Å². The van der Waals surface area contributed by atoms with E-state index in [0.29, 0.717) is 5.92 Å². The van der Waals surface area contributed by atoms with Gasteiger partial charge in [-0.15, -0.1) is 0 Å². The molecule has 80 valence electrons. The molecule has 2 aliphatic rings. The third-order valence-electron chi connectivity index (χ3n) is 3.71. The normalized spacial score (nSPS) is 30.3. The van der Waals surface area contributed by atoms with Crippen LogP contribution in [0.3, 0.4) is 0 Å². The molecule has 1 aliphatic heterocycles. The average molecular weight is 196 g/mol. The molecule has 1 saturated carbocycles. The molecule has 1 unspecified atom stereocenters. The van der Waals surface area contributed by atoms with Crippen molar-refractivity contribution in [1.82, 2.24) is 10.2 Å². The predicted octanol–water partition coefficient (Wildman–Crippen LogP) is 0.997. The van der Waals surface area contributed by atoms with Gasteiger partial charge in [0.05, 0.1) is 0 Å². The van der Waals surface area contributed by atoms with E-state index >= 15 is 0 Å². The van der Waals surface area contributed by atoms with Crippen molar-refractivity contribution in [2.45, 2.75) is 38.6 Å². The molecule has 0 aromatic heterocycles. The van der Waals surface area contributed by atoms with Crippen molar-refractivity contribution in [3.63, 3.8) is 0 Å². The molecule has 0 aromatic rings. The van der Waals surface area contributed by atoms with Gasteiger partial charge in [-0.2, -0.15) is 0 Å². The minimum atomic E-state index is 0.137. The molecule has 1 atom stereocenters. The smallest absolute Gasteiger partial charge is 0.217 e. The Morgan fingerprint density at radius 2 is 2.29 bits per heavy atom. The standard InChI is InChI=1S/C11H20N2O/c1-3-13-7-4-10(8-13)11(5-6-11)12-9(2)14/h10H,3-8H2,1-2H3,(H,12,14). The number of hydrogen-bond acceptors (Lipinski definition) is 2. The maximum atomic E-state index is 11.1. The van der Waals surface area contributed by atoms with Crippen molar-refractivity contribution >= 4 is 5.91 Å². The molecule has 2 rings (SSSR count). The number of nitrogens with one attached hydrogen (secondary N) is 1. The van der Waals surface area contributed by atoms with Crippen LogP contribution in [-0.4, -0.2) is 36.0 Å². The Labute approximate surface area is 85.8 Å². The van der Waals surface area contributed by atoms with E-state index in [1.165, 1.54) is 32.4 Å². The number of hydrogen-bond donors (Lipinski definition) is 1. The van der Waals surface area contributed by atoms with E-state index in [-0.39, 0.29) is 11.4 Å². The summed E-state index contributed by atoms with van der Waals surface area (Å²) < 4.78 is 0. The van der Waals surface area contributed by atoms with Gasteiger partial charge in [-0.3, -0.25) is 4.79 Å². The molecule has 0 spiro atoms. The predicted molar refractivity (Wildman–Crippen MR) is 56.0 cm³/mol. The molecule has 3 nitrogen and oxygen atoms in total. The molecule has 1 saturated heterocycles. The van der Waals surface area contributed by atoms with Crippen LogP contribution in [0.2, 0.25) is 0 Å².